The smallest absolute Gasteiger partial charge is 0.174 e. The summed E-state index contributed by atoms with van der Waals surface area (Å²) in [6.07, 6.45) is 0. The highest BCUT2D eigenvalue weighted by molar-refractivity contribution is 7.91. The molecule has 0 bridgehead atoms. The molecular weight excluding hydrogens is 569 g/mol. The van der Waals surface area contributed by atoms with Crippen molar-refractivity contribution in [2.75, 3.05) is 22.1 Å². The average Bonchev–Trinajstić information content (AvgIpc) is 3.31. The third-order valence-electron chi connectivity index (χ3n) is 7.06. The summed E-state index contributed by atoms with van der Waals surface area (Å²) < 4.78 is 26.7. The summed E-state index contributed by atoms with van der Waals surface area (Å²) in [6.45, 7) is 0.905. The first-order chi connectivity index (χ1) is 19.9. The second-order valence-corrected chi connectivity index (χ2v) is 13.0. The Morgan fingerprint density at radius 1 is 0.585 bits per heavy atom. The number of sulfone groups is 1. The zero-order valence-corrected chi connectivity index (χ0v) is 24.9. The molecule has 5 rings (SSSR count). The number of hydrogen-bond acceptors (Lipinski definition) is 4. The SMILES string of the molecule is O=S1(=O)C[C@H](N(Cc2ccccc2)C(=S)Nc2ccccc2)[C@@H](N(Cc2ccccc2)C(=S)Nc2ccccc2)C1. The molecule has 0 amide bonds. The molecule has 2 N–H and O–H groups in total. The summed E-state index contributed by atoms with van der Waals surface area (Å²) in [5.74, 6) is -0.0549. The minimum Gasteiger partial charge on any atom is -0.339 e. The Hall–Kier alpha value is -3.79. The first kappa shape index (κ1) is 28.7. The molecule has 1 aliphatic heterocycles. The molecule has 0 saturated carbocycles. The van der Waals surface area contributed by atoms with Gasteiger partial charge in [-0.2, -0.15) is 0 Å². The lowest BCUT2D eigenvalue weighted by atomic mass is 10.1. The van der Waals surface area contributed by atoms with Gasteiger partial charge in [0.15, 0.2) is 20.1 Å². The van der Waals surface area contributed by atoms with Crippen LogP contribution in [0.15, 0.2) is 121 Å². The van der Waals surface area contributed by atoms with Gasteiger partial charge in [-0.3, -0.25) is 0 Å². The minimum absolute atomic E-state index is 0.0274. The summed E-state index contributed by atoms with van der Waals surface area (Å²) in [4.78, 5) is 4.02. The summed E-state index contributed by atoms with van der Waals surface area (Å²) >= 11 is 11.9. The number of hydrogen-bond donors (Lipinski definition) is 2. The molecule has 1 heterocycles. The van der Waals surface area contributed by atoms with Gasteiger partial charge in [0.1, 0.15) is 0 Å². The van der Waals surface area contributed by atoms with Crippen molar-refractivity contribution in [1.29, 1.82) is 0 Å². The number of rotatable bonds is 8. The normalized spacial score (nSPS) is 17.4. The first-order valence-electron chi connectivity index (χ1n) is 13.4. The van der Waals surface area contributed by atoms with E-state index in [0.29, 0.717) is 23.3 Å². The lowest BCUT2D eigenvalue weighted by Crippen LogP contribution is -2.55. The lowest BCUT2D eigenvalue weighted by Gasteiger charge is -2.40. The molecule has 9 heteroatoms. The Labute approximate surface area is 252 Å². The van der Waals surface area contributed by atoms with Crippen LogP contribution in [0.25, 0.3) is 0 Å². The number of para-hydroxylation sites is 2. The van der Waals surface area contributed by atoms with Gasteiger partial charge in [-0.25, -0.2) is 8.42 Å². The average molecular weight is 601 g/mol. The Bertz CT molecular complexity index is 1440. The molecule has 0 unspecified atom stereocenters. The van der Waals surface area contributed by atoms with Crippen LogP contribution in [0.5, 0.6) is 0 Å². The van der Waals surface area contributed by atoms with Crippen LogP contribution in [0.1, 0.15) is 11.1 Å². The highest BCUT2D eigenvalue weighted by Gasteiger charge is 2.45. The van der Waals surface area contributed by atoms with Crippen molar-refractivity contribution in [3.05, 3.63) is 132 Å². The van der Waals surface area contributed by atoms with Crippen LogP contribution in [-0.2, 0) is 22.9 Å². The molecule has 6 nitrogen and oxygen atoms in total. The van der Waals surface area contributed by atoms with Crippen molar-refractivity contribution >= 4 is 55.9 Å². The molecule has 2 atom stereocenters. The quantitative estimate of drug-likeness (QED) is 0.241. The minimum atomic E-state index is -3.39. The maximum atomic E-state index is 13.3. The summed E-state index contributed by atoms with van der Waals surface area (Å²) in [5.41, 5.74) is 3.76. The molecular formula is C32H32N4O2S3. The largest absolute Gasteiger partial charge is 0.339 e. The number of benzene rings is 4. The van der Waals surface area contributed by atoms with E-state index < -0.39 is 21.9 Å². The zero-order valence-electron chi connectivity index (χ0n) is 22.5. The van der Waals surface area contributed by atoms with Gasteiger partial charge in [0.05, 0.1) is 23.6 Å². The van der Waals surface area contributed by atoms with Gasteiger partial charge in [0.25, 0.3) is 0 Å². The third kappa shape index (κ3) is 7.70. The van der Waals surface area contributed by atoms with E-state index in [1.807, 2.05) is 131 Å². The maximum absolute atomic E-state index is 13.3. The third-order valence-corrected chi connectivity index (χ3v) is 9.43. The van der Waals surface area contributed by atoms with E-state index in [9.17, 15) is 8.42 Å². The fourth-order valence-electron chi connectivity index (χ4n) is 5.08. The second kappa shape index (κ2) is 13.2. The number of thiocarbonyl (C=S) groups is 2. The lowest BCUT2D eigenvalue weighted by molar-refractivity contribution is 0.208. The van der Waals surface area contributed by atoms with E-state index in [0.717, 1.165) is 22.5 Å². The molecule has 4 aromatic carbocycles. The maximum Gasteiger partial charge on any atom is 0.174 e. The van der Waals surface area contributed by atoms with E-state index in [1.54, 1.807) is 0 Å². The van der Waals surface area contributed by atoms with Gasteiger partial charge >= 0.3 is 0 Å². The molecule has 1 fully saturated rings. The van der Waals surface area contributed by atoms with Crippen molar-refractivity contribution in [1.82, 2.24) is 9.80 Å². The summed E-state index contributed by atoms with van der Waals surface area (Å²) in [6, 6.07) is 38.5. The standard InChI is InChI=1S/C32H32N4O2S3/c37-41(38)23-29(35(21-25-13-5-1-6-14-25)31(39)33-27-17-9-3-10-18-27)30(24-41)36(22-26-15-7-2-8-16-26)32(40)34-28-19-11-4-12-20-28/h1-20,29-30H,21-24H2,(H,33,39)(H,34,40)/t29-,30-/m0/s1. The van der Waals surface area contributed by atoms with Gasteiger partial charge in [0.2, 0.25) is 0 Å². The molecule has 0 spiro atoms. The van der Waals surface area contributed by atoms with Crippen LogP contribution in [0, 0.1) is 0 Å². The first-order valence-corrected chi connectivity index (χ1v) is 16.1. The predicted molar refractivity (Wildman–Crippen MR) is 176 cm³/mol. The second-order valence-electron chi connectivity index (χ2n) is 10.0. The van der Waals surface area contributed by atoms with Gasteiger partial charge in [-0.1, -0.05) is 97.1 Å². The Morgan fingerprint density at radius 2 is 0.902 bits per heavy atom. The topological polar surface area (TPSA) is 64.7 Å². The van der Waals surface area contributed by atoms with Crippen LogP contribution in [-0.4, -0.2) is 52.0 Å². The number of nitrogens with one attached hydrogen (secondary N) is 2. The Balaban J connectivity index is 1.52. The van der Waals surface area contributed by atoms with Gasteiger partial charge in [-0.15, -0.1) is 0 Å². The van der Waals surface area contributed by atoms with Crippen molar-refractivity contribution in [3.8, 4) is 0 Å². The van der Waals surface area contributed by atoms with E-state index in [1.165, 1.54) is 0 Å². The van der Waals surface area contributed by atoms with E-state index in [2.05, 4.69) is 10.6 Å². The molecule has 0 aliphatic carbocycles. The summed E-state index contributed by atoms with van der Waals surface area (Å²) in [7, 11) is -3.39. The number of anilines is 2. The predicted octanol–water partition coefficient (Wildman–Crippen LogP) is 5.95. The van der Waals surface area contributed by atoms with Crippen LogP contribution >= 0.6 is 24.4 Å². The van der Waals surface area contributed by atoms with Gasteiger partial charge < -0.3 is 20.4 Å². The van der Waals surface area contributed by atoms with Gasteiger partial charge in [-0.05, 0) is 59.8 Å². The monoisotopic (exact) mass is 600 g/mol. The van der Waals surface area contributed by atoms with E-state index >= 15 is 0 Å². The molecule has 1 saturated heterocycles. The molecule has 41 heavy (non-hydrogen) atoms. The van der Waals surface area contributed by atoms with E-state index in [4.69, 9.17) is 24.4 Å². The van der Waals surface area contributed by atoms with Crippen LogP contribution in [0.3, 0.4) is 0 Å². The molecule has 1 aliphatic rings. The van der Waals surface area contributed by atoms with Crippen molar-refractivity contribution in [2.24, 2.45) is 0 Å². The van der Waals surface area contributed by atoms with Crippen LogP contribution in [0.2, 0.25) is 0 Å². The molecule has 0 aromatic heterocycles. The number of nitrogens with zero attached hydrogens (tertiary/aromatic N) is 2. The fraction of sp³-hybridized carbons (Fsp3) is 0.188. The van der Waals surface area contributed by atoms with Crippen LogP contribution < -0.4 is 10.6 Å². The zero-order chi connectivity index (χ0) is 28.7. The van der Waals surface area contributed by atoms with Gasteiger partial charge in [0, 0.05) is 24.5 Å². The molecule has 4 aromatic rings. The van der Waals surface area contributed by atoms with Crippen molar-refractivity contribution in [3.63, 3.8) is 0 Å². The molecule has 210 valence electrons. The Kier molecular flexibility index (Phi) is 9.28. The fourth-order valence-corrected chi connectivity index (χ4v) is 7.70. The highest BCUT2D eigenvalue weighted by Crippen LogP contribution is 2.28. The molecule has 0 radical (unpaired) electrons. The Morgan fingerprint density at radius 3 is 1.24 bits per heavy atom. The van der Waals surface area contributed by atoms with Crippen LogP contribution in [0.4, 0.5) is 11.4 Å². The van der Waals surface area contributed by atoms with Crippen molar-refractivity contribution < 1.29 is 8.42 Å². The van der Waals surface area contributed by atoms with E-state index in [-0.39, 0.29) is 11.5 Å². The highest BCUT2D eigenvalue weighted by atomic mass is 32.2. The van der Waals surface area contributed by atoms with Crippen molar-refractivity contribution in [2.45, 2.75) is 25.2 Å². The summed E-state index contributed by atoms with van der Waals surface area (Å²) in [5, 5.41) is 7.61.